The number of thioether (sulfide) groups is 1. The zero-order chi connectivity index (χ0) is 21.1. The Kier molecular flexibility index (Phi) is 9.31. The van der Waals surface area contributed by atoms with Gasteiger partial charge < -0.3 is 15.2 Å². The molecular weight excluding hydrogens is 386 g/mol. The molecule has 154 valence electrons. The summed E-state index contributed by atoms with van der Waals surface area (Å²) < 4.78 is 5.46. The molecule has 2 N–H and O–H groups in total. The van der Waals surface area contributed by atoms with E-state index in [9.17, 15) is 14.7 Å². The van der Waals surface area contributed by atoms with Gasteiger partial charge >= 0.3 is 5.97 Å². The summed E-state index contributed by atoms with van der Waals surface area (Å²) in [5, 5.41) is 12.2. The maximum atomic E-state index is 13.0. The van der Waals surface area contributed by atoms with Crippen LogP contribution in [0.25, 0.3) is 11.6 Å². The highest BCUT2D eigenvalue weighted by atomic mass is 32.2. The largest absolute Gasteiger partial charge is 0.494 e. The predicted octanol–water partition coefficient (Wildman–Crippen LogP) is 4.34. The van der Waals surface area contributed by atoms with Crippen LogP contribution in [-0.2, 0) is 9.59 Å². The molecule has 2 aromatic carbocycles. The molecule has 5 nitrogen and oxygen atoms in total. The first-order valence-corrected chi connectivity index (χ1v) is 10.8. The van der Waals surface area contributed by atoms with Gasteiger partial charge in [0, 0.05) is 5.57 Å². The Morgan fingerprint density at radius 1 is 1.10 bits per heavy atom. The van der Waals surface area contributed by atoms with Crippen molar-refractivity contribution >= 4 is 35.3 Å². The molecule has 0 aliphatic heterocycles. The second kappa shape index (κ2) is 12.0. The summed E-state index contributed by atoms with van der Waals surface area (Å²) in [4.78, 5) is 24.6. The van der Waals surface area contributed by atoms with Crippen molar-refractivity contribution in [3.8, 4) is 5.75 Å². The summed E-state index contributed by atoms with van der Waals surface area (Å²) in [6.45, 7) is 4.52. The summed E-state index contributed by atoms with van der Waals surface area (Å²) >= 11 is 1.65. The Balaban J connectivity index is 2.27. The van der Waals surface area contributed by atoms with Crippen LogP contribution in [0.3, 0.4) is 0 Å². The van der Waals surface area contributed by atoms with Gasteiger partial charge in [0.05, 0.1) is 6.61 Å². The van der Waals surface area contributed by atoms with Crippen molar-refractivity contribution < 1.29 is 19.4 Å². The normalized spacial score (nSPS) is 12.3. The van der Waals surface area contributed by atoms with Gasteiger partial charge in [-0.3, -0.25) is 4.79 Å². The van der Waals surface area contributed by atoms with E-state index < -0.39 is 17.9 Å². The molecule has 0 aliphatic rings. The molecule has 1 atom stereocenters. The average Bonchev–Trinajstić information content (AvgIpc) is 2.73. The van der Waals surface area contributed by atoms with Crippen LogP contribution in [0.1, 0.15) is 31.4 Å². The maximum Gasteiger partial charge on any atom is 0.326 e. The van der Waals surface area contributed by atoms with Crippen LogP contribution in [0.4, 0.5) is 0 Å². The molecule has 0 aliphatic carbocycles. The molecule has 2 aromatic rings. The van der Waals surface area contributed by atoms with Crippen molar-refractivity contribution in [1.29, 1.82) is 0 Å². The lowest BCUT2D eigenvalue weighted by atomic mass is 10.0. The monoisotopic (exact) mass is 413 g/mol. The number of rotatable bonds is 11. The Morgan fingerprint density at radius 3 is 2.38 bits per heavy atom. The van der Waals surface area contributed by atoms with Gasteiger partial charge in [0.2, 0.25) is 0 Å². The third-order valence-corrected chi connectivity index (χ3v) is 5.12. The number of nitrogens with one attached hydrogen (secondary N) is 1. The third-order valence-electron chi connectivity index (χ3n) is 4.19. The minimum absolute atomic E-state index is 0.380. The van der Waals surface area contributed by atoms with Crippen molar-refractivity contribution in [2.75, 3.05) is 18.1 Å². The molecule has 29 heavy (non-hydrogen) atoms. The first kappa shape index (κ1) is 22.6. The number of hydrogen-bond acceptors (Lipinski definition) is 4. The molecule has 0 saturated heterocycles. The Morgan fingerprint density at radius 2 is 1.79 bits per heavy atom. The Labute approximate surface area is 176 Å². The van der Waals surface area contributed by atoms with E-state index in [0.29, 0.717) is 24.4 Å². The van der Waals surface area contributed by atoms with Crippen molar-refractivity contribution in [1.82, 2.24) is 5.32 Å². The Bertz CT molecular complexity index is 819. The molecule has 0 radical (unpaired) electrons. The van der Waals surface area contributed by atoms with Gasteiger partial charge in [0.1, 0.15) is 11.8 Å². The first-order chi connectivity index (χ1) is 14.0. The van der Waals surface area contributed by atoms with Gasteiger partial charge in [-0.05, 0) is 54.2 Å². The van der Waals surface area contributed by atoms with E-state index in [1.165, 1.54) is 0 Å². The number of carbonyl (C=O) groups excluding carboxylic acids is 1. The van der Waals surface area contributed by atoms with Crippen LogP contribution in [0.15, 0.2) is 54.6 Å². The van der Waals surface area contributed by atoms with Crippen LogP contribution < -0.4 is 10.1 Å². The van der Waals surface area contributed by atoms with Crippen LogP contribution >= 0.6 is 11.8 Å². The number of carbonyl (C=O) groups is 2. The molecule has 2 rings (SSSR count). The lowest BCUT2D eigenvalue weighted by molar-refractivity contribution is -0.141. The lowest BCUT2D eigenvalue weighted by Crippen LogP contribution is -2.41. The standard InChI is InChI=1S/C23H27NO4S/c1-3-28-19-12-10-17(11-13-19)16-20(18-8-6-5-7-9-18)22(25)24-21(23(26)27)14-15-29-4-2/h5-13,16,21H,3-4,14-15H2,1-2H3,(H,24,25)(H,26,27)/b20-16+. The number of hydrogen-bond donors (Lipinski definition) is 2. The van der Waals surface area contributed by atoms with Crippen LogP contribution in [0.2, 0.25) is 0 Å². The second-order valence-electron chi connectivity index (χ2n) is 6.28. The zero-order valence-corrected chi connectivity index (χ0v) is 17.6. The smallest absolute Gasteiger partial charge is 0.326 e. The van der Waals surface area contributed by atoms with Crippen molar-refractivity contribution in [3.05, 3.63) is 65.7 Å². The number of carboxylic acid groups (broad SMARTS) is 1. The third kappa shape index (κ3) is 7.31. The highest BCUT2D eigenvalue weighted by Gasteiger charge is 2.22. The van der Waals surface area contributed by atoms with E-state index in [2.05, 4.69) is 5.32 Å². The SMILES string of the molecule is CCOc1ccc(/C=C(/C(=O)NC(CCSCC)C(=O)O)c2ccccc2)cc1. The molecule has 6 heteroatoms. The highest BCUT2D eigenvalue weighted by Crippen LogP contribution is 2.21. The van der Waals surface area contributed by atoms with E-state index in [1.54, 1.807) is 17.8 Å². The highest BCUT2D eigenvalue weighted by molar-refractivity contribution is 7.99. The van der Waals surface area contributed by atoms with E-state index in [4.69, 9.17) is 4.74 Å². The van der Waals surface area contributed by atoms with E-state index in [1.807, 2.05) is 68.4 Å². The summed E-state index contributed by atoms with van der Waals surface area (Å²) in [6.07, 6.45) is 2.14. The molecule has 0 saturated carbocycles. The van der Waals surface area contributed by atoms with Crippen molar-refractivity contribution in [2.45, 2.75) is 26.3 Å². The van der Waals surface area contributed by atoms with Gasteiger partial charge in [-0.15, -0.1) is 0 Å². The fourth-order valence-electron chi connectivity index (χ4n) is 2.73. The molecule has 1 unspecified atom stereocenters. The number of ether oxygens (including phenoxy) is 1. The minimum Gasteiger partial charge on any atom is -0.494 e. The molecule has 0 heterocycles. The topological polar surface area (TPSA) is 75.6 Å². The molecule has 0 bridgehead atoms. The number of carboxylic acids is 1. The molecule has 1 amide bonds. The van der Waals surface area contributed by atoms with Crippen molar-refractivity contribution in [3.63, 3.8) is 0 Å². The van der Waals surface area contributed by atoms with E-state index in [0.717, 1.165) is 22.6 Å². The lowest BCUT2D eigenvalue weighted by Gasteiger charge is -2.16. The molecule has 0 fully saturated rings. The fourth-order valence-corrected chi connectivity index (χ4v) is 3.42. The zero-order valence-electron chi connectivity index (χ0n) is 16.8. The summed E-state index contributed by atoms with van der Waals surface area (Å²) in [7, 11) is 0. The summed E-state index contributed by atoms with van der Waals surface area (Å²) in [5.74, 6) is 0.918. The second-order valence-corrected chi connectivity index (χ2v) is 7.67. The summed E-state index contributed by atoms with van der Waals surface area (Å²) in [5.41, 5.74) is 1.98. The molecular formula is C23H27NO4S. The first-order valence-electron chi connectivity index (χ1n) is 9.66. The summed E-state index contributed by atoms with van der Waals surface area (Å²) in [6, 6.07) is 15.7. The maximum absolute atomic E-state index is 13.0. The van der Waals surface area contributed by atoms with Gasteiger partial charge in [0.25, 0.3) is 5.91 Å². The number of benzene rings is 2. The van der Waals surface area contributed by atoms with Gasteiger partial charge in [0.15, 0.2) is 0 Å². The molecule has 0 aromatic heterocycles. The predicted molar refractivity (Wildman–Crippen MR) is 119 cm³/mol. The van der Waals surface area contributed by atoms with E-state index >= 15 is 0 Å². The van der Waals surface area contributed by atoms with Crippen LogP contribution in [-0.4, -0.2) is 41.1 Å². The Hall–Kier alpha value is -2.73. The number of aliphatic carboxylic acids is 1. The van der Waals surface area contributed by atoms with Crippen molar-refractivity contribution in [2.24, 2.45) is 0 Å². The quantitative estimate of drug-likeness (QED) is 0.326. The van der Waals surface area contributed by atoms with E-state index in [-0.39, 0.29) is 0 Å². The molecule has 0 spiro atoms. The van der Waals surface area contributed by atoms with Crippen LogP contribution in [0, 0.1) is 0 Å². The van der Waals surface area contributed by atoms with Gasteiger partial charge in [-0.1, -0.05) is 49.4 Å². The van der Waals surface area contributed by atoms with Gasteiger partial charge in [-0.2, -0.15) is 11.8 Å². The van der Waals surface area contributed by atoms with Crippen LogP contribution in [0.5, 0.6) is 5.75 Å². The van der Waals surface area contributed by atoms with Gasteiger partial charge in [-0.25, -0.2) is 4.79 Å². The average molecular weight is 414 g/mol. The minimum atomic E-state index is -1.02. The fraction of sp³-hybridized carbons (Fsp3) is 0.304. The number of amides is 1.